The first-order valence-electron chi connectivity index (χ1n) is 9.14. The Morgan fingerprint density at radius 1 is 1.21 bits per heavy atom. The van der Waals surface area contributed by atoms with Crippen LogP contribution in [0.1, 0.15) is 38.8 Å². The van der Waals surface area contributed by atoms with E-state index < -0.39 is 12.0 Å². The van der Waals surface area contributed by atoms with E-state index in [-0.39, 0.29) is 17.8 Å². The third-order valence-electron chi connectivity index (χ3n) is 4.74. The number of rotatable bonds is 6. The van der Waals surface area contributed by atoms with Gasteiger partial charge in [0.1, 0.15) is 0 Å². The molecule has 1 aromatic rings. The molecular formula is C20H24N2O5S. The monoisotopic (exact) mass is 404 g/mol. The number of aliphatic imine (C=N–C) groups is 1. The second-order valence-corrected chi connectivity index (χ2v) is 7.52. The molecule has 1 aromatic carbocycles. The summed E-state index contributed by atoms with van der Waals surface area (Å²) in [5, 5.41) is 0.401. The Hall–Kier alpha value is -2.48. The fourth-order valence-corrected chi connectivity index (χ4v) is 4.53. The van der Waals surface area contributed by atoms with Gasteiger partial charge in [-0.2, -0.15) is 0 Å². The third-order valence-corrected chi connectivity index (χ3v) is 6.06. The summed E-state index contributed by atoms with van der Waals surface area (Å²) in [6, 6.07) is 4.76. The number of thioether (sulfide) groups is 1. The Kier molecular flexibility index (Phi) is 5.98. The molecule has 1 saturated heterocycles. The van der Waals surface area contributed by atoms with Crippen molar-refractivity contribution < 1.29 is 23.8 Å². The summed E-state index contributed by atoms with van der Waals surface area (Å²) in [7, 11) is 3.11. The zero-order valence-corrected chi connectivity index (χ0v) is 17.5. The second-order valence-electron chi connectivity index (χ2n) is 6.35. The maximum atomic E-state index is 13.1. The number of carbonyl (C=O) groups excluding carboxylic acids is 2. The number of benzene rings is 1. The second kappa shape index (κ2) is 8.26. The maximum Gasteiger partial charge on any atom is 0.338 e. The van der Waals surface area contributed by atoms with Crippen LogP contribution in [-0.4, -0.2) is 48.0 Å². The molecule has 0 bridgehead atoms. The minimum Gasteiger partial charge on any atom is -0.493 e. The standard InChI is InChI=1S/C20H24N2O5S/c1-6-15-18(23)22-17(12-8-9-13(25-4)14(10-12)26-5)16(19(24)27-7-2)11(3)21-20(22)28-15/h8-10,15,17H,6-7H2,1-5H3/t15-,17+/m0/s1. The molecule has 3 rings (SSSR count). The molecule has 0 spiro atoms. The smallest absolute Gasteiger partial charge is 0.338 e. The van der Waals surface area contributed by atoms with E-state index in [2.05, 4.69) is 4.99 Å². The Balaban J connectivity index is 2.16. The first-order chi connectivity index (χ1) is 13.5. The van der Waals surface area contributed by atoms with Crippen molar-refractivity contribution in [2.75, 3.05) is 20.8 Å². The molecule has 0 N–H and O–H groups in total. The number of amides is 1. The predicted molar refractivity (Wildman–Crippen MR) is 108 cm³/mol. The topological polar surface area (TPSA) is 77.4 Å². The van der Waals surface area contributed by atoms with Gasteiger partial charge in [0, 0.05) is 0 Å². The summed E-state index contributed by atoms with van der Waals surface area (Å²) < 4.78 is 16.0. The van der Waals surface area contributed by atoms with E-state index in [1.165, 1.54) is 11.8 Å². The molecule has 2 aliphatic heterocycles. The Bertz CT molecular complexity index is 864. The number of amidine groups is 1. The van der Waals surface area contributed by atoms with E-state index in [4.69, 9.17) is 14.2 Å². The minimum absolute atomic E-state index is 0.0552. The molecular weight excluding hydrogens is 380 g/mol. The van der Waals surface area contributed by atoms with Crippen LogP contribution in [0.4, 0.5) is 0 Å². The molecule has 150 valence electrons. The van der Waals surface area contributed by atoms with Gasteiger partial charge in [0.25, 0.3) is 0 Å². The molecule has 8 heteroatoms. The van der Waals surface area contributed by atoms with Crippen LogP contribution in [0, 0.1) is 0 Å². The molecule has 0 unspecified atom stereocenters. The van der Waals surface area contributed by atoms with Gasteiger partial charge in [0.15, 0.2) is 16.7 Å². The van der Waals surface area contributed by atoms with Crippen LogP contribution in [-0.2, 0) is 14.3 Å². The molecule has 0 saturated carbocycles. The van der Waals surface area contributed by atoms with Crippen LogP contribution >= 0.6 is 11.8 Å². The average molecular weight is 404 g/mol. The highest BCUT2D eigenvalue weighted by Crippen LogP contribution is 2.45. The van der Waals surface area contributed by atoms with Crippen molar-refractivity contribution in [1.29, 1.82) is 0 Å². The number of hydrogen-bond donors (Lipinski definition) is 0. The van der Waals surface area contributed by atoms with E-state index in [0.29, 0.717) is 34.4 Å². The quantitative estimate of drug-likeness (QED) is 0.677. The molecule has 7 nitrogen and oxygen atoms in total. The number of ether oxygens (including phenoxy) is 3. The molecule has 2 atom stereocenters. The number of methoxy groups -OCH3 is 2. The van der Waals surface area contributed by atoms with Crippen LogP contribution in [0.25, 0.3) is 0 Å². The minimum atomic E-state index is -0.622. The Morgan fingerprint density at radius 2 is 1.93 bits per heavy atom. The maximum absolute atomic E-state index is 13.1. The van der Waals surface area contributed by atoms with Crippen LogP contribution in [0.5, 0.6) is 11.5 Å². The summed E-state index contributed by atoms with van der Waals surface area (Å²) in [5.41, 5.74) is 1.66. The molecule has 0 aromatic heterocycles. The normalized spacial score (nSPS) is 21.4. The van der Waals surface area contributed by atoms with E-state index in [0.717, 1.165) is 5.56 Å². The van der Waals surface area contributed by atoms with Crippen molar-refractivity contribution in [2.45, 2.75) is 38.5 Å². The average Bonchev–Trinajstić information content (AvgIpc) is 3.01. The largest absolute Gasteiger partial charge is 0.493 e. The molecule has 1 amide bonds. The lowest BCUT2D eigenvalue weighted by Gasteiger charge is -2.33. The van der Waals surface area contributed by atoms with E-state index in [1.807, 2.05) is 13.0 Å². The van der Waals surface area contributed by atoms with Crippen molar-refractivity contribution >= 4 is 28.8 Å². The molecule has 0 aliphatic carbocycles. The number of hydrogen-bond acceptors (Lipinski definition) is 7. The first-order valence-corrected chi connectivity index (χ1v) is 10.0. The fourth-order valence-electron chi connectivity index (χ4n) is 3.40. The summed E-state index contributed by atoms with van der Waals surface area (Å²) >= 11 is 1.43. The van der Waals surface area contributed by atoms with Crippen molar-refractivity contribution in [3.63, 3.8) is 0 Å². The van der Waals surface area contributed by atoms with Gasteiger partial charge in [0.2, 0.25) is 5.91 Å². The van der Waals surface area contributed by atoms with Gasteiger partial charge in [-0.05, 0) is 38.0 Å². The van der Waals surface area contributed by atoms with E-state index in [9.17, 15) is 9.59 Å². The first kappa shape index (κ1) is 20.3. The lowest BCUT2D eigenvalue weighted by molar-refractivity contribution is -0.139. The Labute approximate surface area is 168 Å². The third kappa shape index (κ3) is 3.37. The molecule has 0 radical (unpaired) electrons. The molecule has 1 fully saturated rings. The molecule has 28 heavy (non-hydrogen) atoms. The number of allylic oxidation sites excluding steroid dienone is 1. The SMILES string of the molecule is CCOC(=O)C1=C(C)N=C2S[C@@H](CC)C(=O)N2[C@@H]1c1ccc(OC)c(OC)c1. The summed E-state index contributed by atoms with van der Waals surface area (Å²) in [6.45, 7) is 5.73. The summed E-state index contributed by atoms with van der Waals surface area (Å²) in [6.07, 6.45) is 0.686. The van der Waals surface area contributed by atoms with Gasteiger partial charge in [-0.15, -0.1) is 0 Å². The zero-order chi connectivity index (χ0) is 20.4. The molecule has 2 aliphatic rings. The Morgan fingerprint density at radius 3 is 2.54 bits per heavy atom. The zero-order valence-electron chi connectivity index (χ0n) is 16.6. The van der Waals surface area contributed by atoms with Crippen molar-refractivity contribution in [3.8, 4) is 11.5 Å². The van der Waals surface area contributed by atoms with Gasteiger partial charge < -0.3 is 14.2 Å². The van der Waals surface area contributed by atoms with Gasteiger partial charge in [-0.1, -0.05) is 24.8 Å². The van der Waals surface area contributed by atoms with E-state index >= 15 is 0 Å². The van der Waals surface area contributed by atoms with Gasteiger partial charge >= 0.3 is 5.97 Å². The number of fused-ring (bicyclic) bond motifs is 1. The number of carbonyl (C=O) groups is 2. The molecule has 2 heterocycles. The lowest BCUT2D eigenvalue weighted by atomic mass is 9.94. The van der Waals surface area contributed by atoms with E-state index in [1.54, 1.807) is 45.1 Å². The lowest BCUT2D eigenvalue weighted by Crippen LogP contribution is -2.40. The number of esters is 1. The highest BCUT2D eigenvalue weighted by molar-refractivity contribution is 8.15. The van der Waals surface area contributed by atoms with Crippen LogP contribution in [0.3, 0.4) is 0 Å². The summed E-state index contributed by atoms with van der Waals surface area (Å²) in [5.74, 6) is 0.569. The van der Waals surface area contributed by atoms with Crippen molar-refractivity contribution in [3.05, 3.63) is 35.0 Å². The van der Waals surface area contributed by atoms with Gasteiger partial charge in [0.05, 0.1) is 43.4 Å². The number of nitrogens with zero attached hydrogens (tertiary/aromatic N) is 2. The van der Waals surface area contributed by atoms with Gasteiger partial charge in [-0.3, -0.25) is 9.69 Å². The summed E-state index contributed by atoms with van der Waals surface area (Å²) in [4.78, 5) is 32.0. The predicted octanol–water partition coefficient (Wildman–Crippen LogP) is 3.31. The van der Waals surface area contributed by atoms with Crippen molar-refractivity contribution in [2.24, 2.45) is 4.99 Å². The van der Waals surface area contributed by atoms with Crippen LogP contribution in [0.15, 0.2) is 34.5 Å². The van der Waals surface area contributed by atoms with Crippen molar-refractivity contribution in [1.82, 2.24) is 4.90 Å². The fraction of sp³-hybridized carbons (Fsp3) is 0.450. The van der Waals surface area contributed by atoms with Gasteiger partial charge in [-0.25, -0.2) is 9.79 Å². The highest BCUT2D eigenvalue weighted by Gasteiger charge is 2.47. The van der Waals surface area contributed by atoms with Crippen LogP contribution < -0.4 is 9.47 Å². The van der Waals surface area contributed by atoms with Crippen LogP contribution in [0.2, 0.25) is 0 Å². The highest BCUT2D eigenvalue weighted by atomic mass is 32.2.